The second-order valence-corrected chi connectivity index (χ2v) is 5.94. The van der Waals surface area contributed by atoms with Gasteiger partial charge in [0.05, 0.1) is 31.4 Å². The van der Waals surface area contributed by atoms with E-state index in [0.29, 0.717) is 31.3 Å². The molecule has 25 heavy (non-hydrogen) atoms. The van der Waals surface area contributed by atoms with Crippen LogP contribution in [0.2, 0.25) is 0 Å². The van der Waals surface area contributed by atoms with Crippen LogP contribution in [0.4, 0.5) is 5.95 Å². The topological polar surface area (TPSA) is 73.4 Å². The SMILES string of the molecule is Cn1c(N2CCOC(c3ccoc3)C2)nc(-c2ccncc2)cc1=O. The molecule has 4 heterocycles. The normalized spacial score (nSPS) is 17.6. The van der Waals surface area contributed by atoms with Crippen molar-refractivity contribution in [1.82, 2.24) is 14.5 Å². The van der Waals surface area contributed by atoms with Crippen LogP contribution in [0.25, 0.3) is 11.3 Å². The van der Waals surface area contributed by atoms with E-state index < -0.39 is 0 Å². The summed E-state index contributed by atoms with van der Waals surface area (Å²) in [5.74, 6) is 0.635. The Hall–Kier alpha value is -2.93. The first-order chi connectivity index (χ1) is 12.2. The van der Waals surface area contributed by atoms with Crippen molar-refractivity contribution in [2.75, 3.05) is 24.6 Å². The number of hydrogen-bond donors (Lipinski definition) is 0. The molecule has 1 aliphatic rings. The number of nitrogens with zero attached hydrogens (tertiary/aromatic N) is 4. The van der Waals surface area contributed by atoms with Gasteiger partial charge in [-0.1, -0.05) is 0 Å². The predicted molar refractivity (Wildman–Crippen MR) is 92.3 cm³/mol. The van der Waals surface area contributed by atoms with Crippen molar-refractivity contribution in [2.45, 2.75) is 6.10 Å². The monoisotopic (exact) mass is 338 g/mol. The highest BCUT2D eigenvalue weighted by atomic mass is 16.5. The number of morpholine rings is 1. The standard InChI is InChI=1S/C18H18N4O3/c1-21-17(23)10-15(13-2-5-19-6-3-13)20-18(21)22-7-9-25-16(11-22)14-4-8-24-12-14/h2-6,8,10,12,16H,7,9,11H2,1H3. The molecule has 3 aromatic heterocycles. The van der Waals surface area contributed by atoms with E-state index in [1.54, 1.807) is 42.6 Å². The van der Waals surface area contributed by atoms with Gasteiger partial charge in [-0.2, -0.15) is 0 Å². The van der Waals surface area contributed by atoms with E-state index in [0.717, 1.165) is 11.1 Å². The average molecular weight is 338 g/mol. The molecule has 0 bridgehead atoms. The number of hydrogen-bond acceptors (Lipinski definition) is 6. The van der Waals surface area contributed by atoms with E-state index in [1.807, 2.05) is 18.2 Å². The molecular weight excluding hydrogens is 320 g/mol. The Labute approximate surface area is 144 Å². The van der Waals surface area contributed by atoms with E-state index in [1.165, 1.54) is 0 Å². The molecule has 1 fully saturated rings. The van der Waals surface area contributed by atoms with Gasteiger partial charge in [-0.3, -0.25) is 14.3 Å². The number of ether oxygens (including phenoxy) is 1. The molecular formula is C18H18N4O3. The van der Waals surface area contributed by atoms with Gasteiger partial charge in [0.25, 0.3) is 5.56 Å². The molecule has 1 atom stereocenters. The van der Waals surface area contributed by atoms with Crippen molar-refractivity contribution in [2.24, 2.45) is 7.05 Å². The fourth-order valence-corrected chi connectivity index (χ4v) is 2.97. The van der Waals surface area contributed by atoms with E-state index in [9.17, 15) is 4.79 Å². The molecule has 0 amide bonds. The summed E-state index contributed by atoms with van der Waals surface area (Å²) < 4.78 is 12.6. The maximum absolute atomic E-state index is 12.4. The maximum atomic E-state index is 12.4. The summed E-state index contributed by atoms with van der Waals surface area (Å²) in [6, 6.07) is 7.14. The third kappa shape index (κ3) is 3.06. The number of anilines is 1. The number of pyridine rings is 1. The third-order valence-corrected chi connectivity index (χ3v) is 4.35. The minimum atomic E-state index is -0.103. The van der Waals surface area contributed by atoms with Gasteiger partial charge in [0.2, 0.25) is 5.95 Å². The van der Waals surface area contributed by atoms with Crippen molar-refractivity contribution in [3.05, 3.63) is 65.1 Å². The van der Waals surface area contributed by atoms with Crippen LogP contribution in [0.1, 0.15) is 11.7 Å². The first-order valence-corrected chi connectivity index (χ1v) is 8.09. The average Bonchev–Trinajstić information content (AvgIpc) is 3.19. The van der Waals surface area contributed by atoms with Crippen LogP contribution in [0.15, 0.2) is 58.4 Å². The molecule has 1 saturated heterocycles. The fourth-order valence-electron chi connectivity index (χ4n) is 2.97. The van der Waals surface area contributed by atoms with E-state index >= 15 is 0 Å². The van der Waals surface area contributed by atoms with Crippen LogP contribution in [0, 0.1) is 0 Å². The predicted octanol–water partition coefficient (Wildman–Crippen LogP) is 2.01. The van der Waals surface area contributed by atoms with Gasteiger partial charge in [-0.05, 0) is 18.2 Å². The summed E-state index contributed by atoms with van der Waals surface area (Å²) in [5.41, 5.74) is 2.41. The smallest absolute Gasteiger partial charge is 0.255 e. The molecule has 128 valence electrons. The van der Waals surface area contributed by atoms with Crippen molar-refractivity contribution < 1.29 is 9.15 Å². The molecule has 7 heteroatoms. The van der Waals surface area contributed by atoms with Crippen molar-refractivity contribution in [1.29, 1.82) is 0 Å². The zero-order valence-corrected chi connectivity index (χ0v) is 13.8. The molecule has 0 radical (unpaired) electrons. The molecule has 4 rings (SSSR count). The summed E-state index contributed by atoms with van der Waals surface area (Å²) in [6.45, 7) is 1.85. The van der Waals surface area contributed by atoms with Crippen LogP contribution in [0.3, 0.4) is 0 Å². The minimum Gasteiger partial charge on any atom is -0.472 e. The number of furan rings is 1. The van der Waals surface area contributed by atoms with Gasteiger partial charge in [0.1, 0.15) is 6.10 Å². The van der Waals surface area contributed by atoms with E-state index in [4.69, 9.17) is 14.1 Å². The highest BCUT2D eigenvalue weighted by Crippen LogP contribution is 2.26. The molecule has 0 aromatic carbocycles. The highest BCUT2D eigenvalue weighted by Gasteiger charge is 2.25. The first-order valence-electron chi connectivity index (χ1n) is 8.09. The van der Waals surface area contributed by atoms with Crippen LogP contribution >= 0.6 is 0 Å². The van der Waals surface area contributed by atoms with Crippen molar-refractivity contribution in [3.8, 4) is 11.3 Å². The van der Waals surface area contributed by atoms with Gasteiger partial charge < -0.3 is 14.1 Å². The Morgan fingerprint density at radius 1 is 1.24 bits per heavy atom. The molecule has 0 saturated carbocycles. The van der Waals surface area contributed by atoms with Crippen LogP contribution in [0.5, 0.6) is 0 Å². The summed E-state index contributed by atoms with van der Waals surface area (Å²) in [4.78, 5) is 23.2. The third-order valence-electron chi connectivity index (χ3n) is 4.35. The lowest BCUT2D eigenvalue weighted by Crippen LogP contribution is -2.41. The lowest BCUT2D eigenvalue weighted by molar-refractivity contribution is 0.0386. The largest absolute Gasteiger partial charge is 0.472 e. The quantitative estimate of drug-likeness (QED) is 0.727. The lowest BCUT2D eigenvalue weighted by atomic mass is 10.1. The molecule has 3 aromatic rings. The molecule has 1 unspecified atom stereocenters. The summed E-state index contributed by atoms with van der Waals surface area (Å²) in [6.07, 6.45) is 6.60. The Balaban J connectivity index is 1.69. The Bertz CT molecular complexity index is 906. The Morgan fingerprint density at radius 2 is 2.08 bits per heavy atom. The number of rotatable bonds is 3. The number of aromatic nitrogens is 3. The zero-order chi connectivity index (χ0) is 17.2. The summed E-state index contributed by atoms with van der Waals surface area (Å²) in [7, 11) is 1.74. The second-order valence-electron chi connectivity index (χ2n) is 5.94. The van der Waals surface area contributed by atoms with Gasteiger partial charge in [-0.15, -0.1) is 0 Å². The Kier molecular flexibility index (Phi) is 4.07. The first kappa shape index (κ1) is 15.6. The zero-order valence-electron chi connectivity index (χ0n) is 13.8. The van der Waals surface area contributed by atoms with Gasteiger partial charge in [0, 0.05) is 43.2 Å². The van der Waals surface area contributed by atoms with Gasteiger partial charge in [0.15, 0.2) is 0 Å². The van der Waals surface area contributed by atoms with Gasteiger partial charge in [-0.25, -0.2) is 4.98 Å². The molecule has 0 aliphatic carbocycles. The van der Waals surface area contributed by atoms with Crippen LogP contribution in [-0.2, 0) is 11.8 Å². The maximum Gasteiger partial charge on any atom is 0.255 e. The molecule has 7 nitrogen and oxygen atoms in total. The fraction of sp³-hybridized carbons (Fsp3) is 0.278. The second kappa shape index (κ2) is 6.52. The summed E-state index contributed by atoms with van der Waals surface area (Å²) in [5, 5.41) is 0. The lowest BCUT2D eigenvalue weighted by Gasteiger charge is -2.34. The van der Waals surface area contributed by atoms with Crippen molar-refractivity contribution in [3.63, 3.8) is 0 Å². The summed E-state index contributed by atoms with van der Waals surface area (Å²) >= 11 is 0. The van der Waals surface area contributed by atoms with Crippen LogP contribution in [-0.4, -0.2) is 34.2 Å². The minimum absolute atomic E-state index is 0.0943. The van der Waals surface area contributed by atoms with Gasteiger partial charge >= 0.3 is 0 Å². The highest BCUT2D eigenvalue weighted by molar-refractivity contribution is 5.59. The van der Waals surface area contributed by atoms with Crippen molar-refractivity contribution >= 4 is 5.95 Å². The van der Waals surface area contributed by atoms with Crippen LogP contribution < -0.4 is 10.5 Å². The van der Waals surface area contributed by atoms with E-state index in [2.05, 4.69) is 9.88 Å². The molecule has 0 spiro atoms. The Morgan fingerprint density at radius 3 is 2.84 bits per heavy atom. The molecule has 0 N–H and O–H groups in total. The molecule has 1 aliphatic heterocycles. The van der Waals surface area contributed by atoms with E-state index in [-0.39, 0.29) is 11.7 Å².